The van der Waals surface area contributed by atoms with Crippen molar-refractivity contribution in [2.24, 2.45) is 0 Å². The number of alkyl halides is 1. The highest BCUT2D eigenvalue weighted by Crippen LogP contribution is 2.20. The molecule has 2 heteroatoms. The number of fused-ring (bicyclic) bond motifs is 1. The summed E-state index contributed by atoms with van der Waals surface area (Å²) in [4.78, 5) is 0. The summed E-state index contributed by atoms with van der Waals surface area (Å²) in [7, 11) is 0. The molecular formula is C11H11BrO. The normalized spacial score (nSPS) is 10.8. The lowest BCUT2D eigenvalue weighted by Gasteiger charge is -1.99. The summed E-state index contributed by atoms with van der Waals surface area (Å²) in [5.74, 6) is 0. The van der Waals surface area contributed by atoms with E-state index >= 15 is 0 Å². The Morgan fingerprint density at radius 3 is 3.00 bits per heavy atom. The molecule has 68 valence electrons. The van der Waals surface area contributed by atoms with Gasteiger partial charge in [0.05, 0.1) is 6.26 Å². The molecule has 0 aliphatic heterocycles. The second kappa shape index (κ2) is 3.97. The van der Waals surface area contributed by atoms with Crippen molar-refractivity contribution in [2.45, 2.75) is 12.8 Å². The first-order valence-corrected chi connectivity index (χ1v) is 5.55. The molecular weight excluding hydrogens is 228 g/mol. The summed E-state index contributed by atoms with van der Waals surface area (Å²) < 4.78 is 5.33. The molecule has 0 aliphatic carbocycles. The lowest BCUT2D eigenvalue weighted by Crippen LogP contribution is -1.85. The monoisotopic (exact) mass is 238 g/mol. The lowest BCUT2D eigenvalue weighted by molar-refractivity contribution is 0.615. The summed E-state index contributed by atoms with van der Waals surface area (Å²) in [6.07, 6.45) is 4.04. The molecule has 13 heavy (non-hydrogen) atoms. The van der Waals surface area contributed by atoms with E-state index in [1.54, 1.807) is 6.26 Å². The van der Waals surface area contributed by atoms with Crippen LogP contribution in [0.3, 0.4) is 0 Å². The van der Waals surface area contributed by atoms with E-state index < -0.39 is 0 Å². The summed E-state index contributed by atoms with van der Waals surface area (Å²) in [5.41, 5.74) is 2.37. The SMILES string of the molecule is BrCCCc1cccc2occc12. The average molecular weight is 239 g/mol. The molecule has 1 aromatic heterocycles. The number of hydrogen-bond donors (Lipinski definition) is 0. The average Bonchev–Trinajstić information content (AvgIpc) is 2.62. The standard InChI is InChI=1S/C11H11BrO/c12-7-2-4-9-3-1-5-11-10(9)6-8-13-11/h1,3,5-6,8H,2,4,7H2. The number of rotatable bonds is 3. The van der Waals surface area contributed by atoms with Crippen LogP contribution in [0, 0.1) is 0 Å². The molecule has 1 aromatic carbocycles. The van der Waals surface area contributed by atoms with Gasteiger partial charge in [-0.25, -0.2) is 0 Å². The van der Waals surface area contributed by atoms with Gasteiger partial charge in [-0.05, 0) is 30.5 Å². The van der Waals surface area contributed by atoms with Crippen molar-refractivity contribution in [3.63, 3.8) is 0 Å². The predicted molar refractivity (Wildman–Crippen MR) is 58.3 cm³/mol. The van der Waals surface area contributed by atoms with Gasteiger partial charge in [0.2, 0.25) is 0 Å². The minimum atomic E-state index is 0.993. The van der Waals surface area contributed by atoms with Crippen molar-refractivity contribution in [3.8, 4) is 0 Å². The Bertz CT molecular complexity index is 392. The minimum absolute atomic E-state index is 0.993. The summed E-state index contributed by atoms with van der Waals surface area (Å²) in [5, 5.41) is 2.31. The molecule has 0 atom stereocenters. The fourth-order valence-corrected chi connectivity index (χ4v) is 1.81. The van der Waals surface area contributed by atoms with E-state index in [1.165, 1.54) is 17.4 Å². The fourth-order valence-electron chi connectivity index (χ4n) is 1.53. The van der Waals surface area contributed by atoms with Gasteiger partial charge in [0.25, 0.3) is 0 Å². The first kappa shape index (κ1) is 8.82. The van der Waals surface area contributed by atoms with E-state index in [4.69, 9.17) is 4.42 Å². The van der Waals surface area contributed by atoms with Gasteiger partial charge in [-0.15, -0.1) is 0 Å². The van der Waals surface area contributed by atoms with Crippen LogP contribution in [0.25, 0.3) is 11.0 Å². The van der Waals surface area contributed by atoms with Gasteiger partial charge < -0.3 is 4.42 Å². The number of benzene rings is 1. The van der Waals surface area contributed by atoms with Gasteiger partial charge >= 0.3 is 0 Å². The lowest BCUT2D eigenvalue weighted by atomic mass is 10.1. The summed E-state index contributed by atoms with van der Waals surface area (Å²) in [6.45, 7) is 0. The largest absolute Gasteiger partial charge is 0.464 e. The van der Waals surface area contributed by atoms with Crippen LogP contribution >= 0.6 is 15.9 Å². The molecule has 2 rings (SSSR count). The third kappa shape index (κ3) is 1.78. The molecule has 1 nitrogen and oxygen atoms in total. The zero-order chi connectivity index (χ0) is 9.10. The van der Waals surface area contributed by atoms with E-state index in [2.05, 4.69) is 28.1 Å². The van der Waals surface area contributed by atoms with Crippen LogP contribution in [0.2, 0.25) is 0 Å². The minimum Gasteiger partial charge on any atom is -0.464 e. The van der Waals surface area contributed by atoms with Crippen LogP contribution in [0.4, 0.5) is 0 Å². The molecule has 0 fully saturated rings. The first-order valence-electron chi connectivity index (χ1n) is 4.43. The van der Waals surface area contributed by atoms with Crippen molar-refractivity contribution in [1.29, 1.82) is 0 Å². The van der Waals surface area contributed by atoms with Crippen LogP contribution in [0.15, 0.2) is 34.9 Å². The Kier molecular flexibility index (Phi) is 2.69. The first-order chi connectivity index (χ1) is 6.42. The highest BCUT2D eigenvalue weighted by atomic mass is 79.9. The van der Waals surface area contributed by atoms with Gasteiger partial charge in [0.1, 0.15) is 5.58 Å². The molecule has 0 radical (unpaired) electrons. The molecule has 2 aromatic rings. The Labute approximate surface area is 85.9 Å². The van der Waals surface area contributed by atoms with Gasteiger partial charge in [0.15, 0.2) is 0 Å². The van der Waals surface area contributed by atoms with E-state index in [1.807, 2.05) is 12.1 Å². The smallest absolute Gasteiger partial charge is 0.134 e. The van der Waals surface area contributed by atoms with Gasteiger partial charge in [0, 0.05) is 10.7 Å². The Morgan fingerprint density at radius 2 is 2.15 bits per heavy atom. The number of hydrogen-bond acceptors (Lipinski definition) is 1. The predicted octanol–water partition coefficient (Wildman–Crippen LogP) is 3.76. The quantitative estimate of drug-likeness (QED) is 0.743. The third-order valence-electron chi connectivity index (χ3n) is 2.17. The maximum Gasteiger partial charge on any atom is 0.134 e. The molecule has 0 spiro atoms. The maximum atomic E-state index is 5.33. The third-order valence-corrected chi connectivity index (χ3v) is 2.73. The van der Waals surface area contributed by atoms with Crippen LogP contribution in [-0.2, 0) is 6.42 Å². The Hall–Kier alpha value is -0.760. The molecule has 1 heterocycles. The van der Waals surface area contributed by atoms with Gasteiger partial charge in [-0.2, -0.15) is 0 Å². The van der Waals surface area contributed by atoms with Gasteiger partial charge in [-0.3, -0.25) is 0 Å². The van der Waals surface area contributed by atoms with Crippen LogP contribution in [0.5, 0.6) is 0 Å². The topological polar surface area (TPSA) is 13.1 Å². The summed E-state index contributed by atoms with van der Waals surface area (Å²) >= 11 is 3.44. The van der Waals surface area contributed by atoms with Crippen molar-refractivity contribution in [2.75, 3.05) is 5.33 Å². The fraction of sp³-hybridized carbons (Fsp3) is 0.273. The van der Waals surface area contributed by atoms with Crippen LogP contribution < -0.4 is 0 Å². The molecule has 0 saturated heterocycles. The molecule has 0 amide bonds. The van der Waals surface area contributed by atoms with E-state index in [0.717, 1.165) is 17.3 Å². The maximum absolute atomic E-state index is 5.33. The zero-order valence-electron chi connectivity index (χ0n) is 7.29. The van der Waals surface area contributed by atoms with Crippen molar-refractivity contribution in [3.05, 3.63) is 36.1 Å². The van der Waals surface area contributed by atoms with E-state index in [-0.39, 0.29) is 0 Å². The number of halogens is 1. The second-order valence-corrected chi connectivity index (χ2v) is 3.84. The number of aryl methyl sites for hydroxylation is 1. The second-order valence-electron chi connectivity index (χ2n) is 3.04. The highest BCUT2D eigenvalue weighted by Gasteiger charge is 2.01. The van der Waals surface area contributed by atoms with Crippen molar-refractivity contribution >= 4 is 26.9 Å². The molecule has 0 saturated carbocycles. The molecule has 0 bridgehead atoms. The number of furan rings is 1. The zero-order valence-corrected chi connectivity index (χ0v) is 8.88. The highest BCUT2D eigenvalue weighted by molar-refractivity contribution is 9.09. The Morgan fingerprint density at radius 1 is 1.23 bits per heavy atom. The van der Waals surface area contributed by atoms with Crippen molar-refractivity contribution < 1.29 is 4.42 Å². The van der Waals surface area contributed by atoms with Crippen molar-refractivity contribution in [1.82, 2.24) is 0 Å². The molecule has 0 unspecified atom stereocenters. The molecule has 0 aliphatic rings. The Balaban J connectivity index is 2.37. The van der Waals surface area contributed by atoms with E-state index in [0.29, 0.717) is 0 Å². The van der Waals surface area contributed by atoms with Gasteiger partial charge in [-0.1, -0.05) is 28.1 Å². The van der Waals surface area contributed by atoms with E-state index in [9.17, 15) is 0 Å². The van der Waals surface area contributed by atoms with Crippen LogP contribution in [0.1, 0.15) is 12.0 Å². The summed E-state index contributed by atoms with van der Waals surface area (Å²) in [6, 6.07) is 8.27. The molecule has 0 N–H and O–H groups in total. The van der Waals surface area contributed by atoms with Crippen LogP contribution in [-0.4, -0.2) is 5.33 Å².